The Hall–Kier alpha value is -2.63. The summed E-state index contributed by atoms with van der Waals surface area (Å²) in [6, 6.07) is 3.02. The zero-order chi connectivity index (χ0) is 13.6. The van der Waals surface area contributed by atoms with Gasteiger partial charge in [0.25, 0.3) is 5.91 Å². The Labute approximate surface area is 107 Å². The molecule has 0 bridgehead atoms. The molecular formula is C13H11FN4O. The fourth-order valence-corrected chi connectivity index (χ4v) is 2.19. The van der Waals surface area contributed by atoms with Gasteiger partial charge in [-0.05, 0) is 12.1 Å². The number of nitrogens with one attached hydrogen (secondary N) is 1. The Morgan fingerprint density at radius 3 is 2.89 bits per heavy atom. The van der Waals surface area contributed by atoms with Gasteiger partial charge in [0.05, 0.1) is 23.8 Å². The van der Waals surface area contributed by atoms with Gasteiger partial charge in [-0.15, -0.1) is 0 Å². The molecule has 0 saturated carbocycles. The van der Waals surface area contributed by atoms with E-state index in [1.54, 1.807) is 29.4 Å². The number of fused-ring (bicyclic) bond motifs is 1. The lowest BCUT2D eigenvalue weighted by Crippen LogP contribution is -2.13. The number of carbonyl (C=O) groups is 1. The van der Waals surface area contributed by atoms with Gasteiger partial charge in [0.1, 0.15) is 5.82 Å². The van der Waals surface area contributed by atoms with Crippen molar-refractivity contribution in [1.29, 1.82) is 0 Å². The largest absolute Gasteiger partial charge is 0.366 e. The van der Waals surface area contributed by atoms with Gasteiger partial charge in [-0.2, -0.15) is 0 Å². The van der Waals surface area contributed by atoms with Crippen molar-refractivity contribution in [3.8, 4) is 11.3 Å². The van der Waals surface area contributed by atoms with Crippen molar-refractivity contribution in [2.45, 2.75) is 0 Å². The molecule has 2 heterocycles. The molecule has 0 saturated heterocycles. The summed E-state index contributed by atoms with van der Waals surface area (Å²) in [6.07, 6.45) is 4.96. The summed E-state index contributed by atoms with van der Waals surface area (Å²) in [6.45, 7) is 0. The van der Waals surface area contributed by atoms with Crippen molar-refractivity contribution in [3.63, 3.8) is 0 Å². The molecule has 3 rings (SSSR count). The highest BCUT2D eigenvalue weighted by atomic mass is 19.1. The summed E-state index contributed by atoms with van der Waals surface area (Å²) in [4.78, 5) is 18.2. The van der Waals surface area contributed by atoms with Crippen LogP contribution in [-0.4, -0.2) is 20.4 Å². The number of aromatic amines is 1. The lowest BCUT2D eigenvalue weighted by Gasteiger charge is -2.04. The minimum atomic E-state index is -0.781. The van der Waals surface area contributed by atoms with Gasteiger partial charge >= 0.3 is 0 Å². The first-order chi connectivity index (χ1) is 9.09. The minimum Gasteiger partial charge on any atom is -0.366 e. The Balaban J connectivity index is 2.36. The molecule has 0 radical (unpaired) electrons. The molecule has 0 aliphatic rings. The molecule has 0 aliphatic carbocycles. The van der Waals surface area contributed by atoms with E-state index in [2.05, 4.69) is 9.97 Å². The van der Waals surface area contributed by atoms with Crippen LogP contribution in [0.15, 0.2) is 30.9 Å². The molecular weight excluding hydrogens is 247 g/mol. The van der Waals surface area contributed by atoms with E-state index in [9.17, 15) is 9.18 Å². The van der Waals surface area contributed by atoms with Crippen molar-refractivity contribution >= 4 is 16.8 Å². The van der Waals surface area contributed by atoms with Crippen LogP contribution in [0, 0.1) is 5.82 Å². The second-order valence-corrected chi connectivity index (χ2v) is 4.31. The first-order valence-corrected chi connectivity index (χ1v) is 5.65. The molecule has 0 unspecified atom stereocenters. The number of primary amides is 1. The van der Waals surface area contributed by atoms with Crippen LogP contribution in [0.3, 0.4) is 0 Å². The number of rotatable bonds is 2. The highest BCUT2D eigenvalue weighted by Crippen LogP contribution is 2.31. The molecule has 3 N–H and O–H groups in total. The number of imidazole rings is 1. The summed E-state index contributed by atoms with van der Waals surface area (Å²) in [5.41, 5.74) is 7.07. The number of hydrogen-bond donors (Lipinski definition) is 2. The normalized spacial score (nSPS) is 11.1. The Bertz CT molecular complexity index is 787. The molecule has 5 nitrogen and oxygen atoms in total. The van der Waals surface area contributed by atoms with Crippen LogP contribution in [0.4, 0.5) is 4.39 Å². The van der Waals surface area contributed by atoms with Gasteiger partial charge in [-0.1, -0.05) is 0 Å². The number of halogens is 1. The third-order valence-corrected chi connectivity index (χ3v) is 3.14. The lowest BCUT2D eigenvalue weighted by molar-refractivity contribution is 0.0997. The van der Waals surface area contributed by atoms with Crippen LogP contribution in [0.25, 0.3) is 22.2 Å². The Morgan fingerprint density at radius 1 is 1.47 bits per heavy atom. The molecule has 0 fully saturated rings. The van der Waals surface area contributed by atoms with Gasteiger partial charge in [0.15, 0.2) is 0 Å². The maximum absolute atomic E-state index is 14.4. The molecule has 1 aromatic carbocycles. The summed E-state index contributed by atoms with van der Waals surface area (Å²) < 4.78 is 16.2. The third-order valence-electron chi connectivity index (χ3n) is 3.14. The quantitative estimate of drug-likeness (QED) is 0.735. The number of amides is 1. The molecule has 1 amide bonds. The average Bonchev–Trinajstić information content (AvgIpc) is 2.95. The Kier molecular flexibility index (Phi) is 2.38. The SMILES string of the molecule is Cn1cncc1-c1c[nH]c2ccc(C(N)=O)c(F)c12. The predicted molar refractivity (Wildman–Crippen MR) is 69.0 cm³/mol. The number of hydrogen-bond acceptors (Lipinski definition) is 2. The Morgan fingerprint density at radius 2 is 2.26 bits per heavy atom. The van der Waals surface area contributed by atoms with Gasteiger partial charge < -0.3 is 15.3 Å². The summed E-state index contributed by atoms with van der Waals surface area (Å²) in [5, 5.41) is 0.347. The minimum absolute atomic E-state index is 0.115. The monoisotopic (exact) mass is 258 g/mol. The highest BCUT2D eigenvalue weighted by molar-refractivity contribution is 6.02. The average molecular weight is 258 g/mol. The molecule has 0 aliphatic heterocycles. The smallest absolute Gasteiger partial charge is 0.251 e. The maximum Gasteiger partial charge on any atom is 0.251 e. The van der Waals surface area contributed by atoms with Crippen LogP contribution in [0.1, 0.15) is 10.4 Å². The molecule has 0 atom stereocenters. The highest BCUT2D eigenvalue weighted by Gasteiger charge is 2.18. The zero-order valence-electron chi connectivity index (χ0n) is 10.1. The zero-order valence-corrected chi connectivity index (χ0v) is 10.1. The number of nitrogens with two attached hydrogens (primary N) is 1. The molecule has 96 valence electrons. The fraction of sp³-hybridized carbons (Fsp3) is 0.0769. The van der Waals surface area contributed by atoms with E-state index in [-0.39, 0.29) is 5.56 Å². The third kappa shape index (κ3) is 1.61. The first-order valence-electron chi connectivity index (χ1n) is 5.65. The van der Waals surface area contributed by atoms with E-state index in [0.717, 1.165) is 5.69 Å². The molecule has 6 heteroatoms. The van der Waals surface area contributed by atoms with Crippen molar-refractivity contribution in [2.24, 2.45) is 12.8 Å². The van der Waals surface area contributed by atoms with Crippen molar-refractivity contribution in [2.75, 3.05) is 0 Å². The van der Waals surface area contributed by atoms with Gasteiger partial charge in [0.2, 0.25) is 0 Å². The lowest BCUT2D eigenvalue weighted by atomic mass is 10.1. The second-order valence-electron chi connectivity index (χ2n) is 4.31. The van der Waals surface area contributed by atoms with Gasteiger partial charge in [-0.3, -0.25) is 4.79 Å². The molecule has 2 aromatic heterocycles. The first kappa shape index (κ1) is 11.5. The van der Waals surface area contributed by atoms with Crippen molar-refractivity contribution in [1.82, 2.24) is 14.5 Å². The molecule has 3 aromatic rings. The van der Waals surface area contributed by atoms with Crippen molar-refractivity contribution < 1.29 is 9.18 Å². The summed E-state index contributed by atoms with van der Waals surface area (Å²) >= 11 is 0. The number of H-pyrrole nitrogens is 1. The second kappa shape index (κ2) is 3.94. The number of nitrogens with zero attached hydrogens (tertiary/aromatic N) is 2. The predicted octanol–water partition coefficient (Wildman–Crippen LogP) is 1.81. The van der Waals surface area contributed by atoms with Gasteiger partial charge in [-0.25, -0.2) is 9.37 Å². The maximum atomic E-state index is 14.4. The van der Waals surface area contributed by atoms with E-state index in [0.29, 0.717) is 16.5 Å². The van der Waals surface area contributed by atoms with Crippen LogP contribution in [-0.2, 0) is 7.05 Å². The van der Waals surface area contributed by atoms with Crippen LogP contribution < -0.4 is 5.73 Å². The fourth-order valence-electron chi connectivity index (χ4n) is 2.19. The van der Waals surface area contributed by atoms with Crippen molar-refractivity contribution in [3.05, 3.63) is 42.2 Å². The summed E-state index contributed by atoms with van der Waals surface area (Å²) in [5.74, 6) is -1.39. The van der Waals surface area contributed by atoms with E-state index in [1.165, 1.54) is 6.07 Å². The van der Waals surface area contributed by atoms with Crippen LogP contribution in [0.2, 0.25) is 0 Å². The van der Waals surface area contributed by atoms with E-state index < -0.39 is 11.7 Å². The number of benzene rings is 1. The van der Waals surface area contributed by atoms with Crippen LogP contribution in [0.5, 0.6) is 0 Å². The summed E-state index contributed by atoms with van der Waals surface area (Å²) in [7, 11) is 1.82. The van der Waals surface area contributed by atoms with Crippen LogP contribution >= 0.6 is 0 Å². The topological polar surface area (TPSA) is 76.7 Å². The number of carbonyl (C=O) groups excluding carboxylic acids is 1. The van der Waals surface area contributed by atoms with E-state index in [4.69, 9.17) is 5.73 Å². The van der Waals surface area contributed by atoms with Gasteiger partial charge in [0, 0.05) is 29.7 Å². The number of aromatic nitrogens is 3. The molecule has 19 heavy (non-hydrogen) atoms. The molecule has 0 spiro atoms. The van der Waals surface area contributed by atoms with E-state index in [1.807, 2.05) is 7.05 Å². The van der Waals surface area contributed by atoms with E-state index >= 15 is 0 Å². The standard InChI is InChI=1S/C13H11FN4O/c1-18-6-16-5-10(18)8-4-17-9-3-2-7(13(15)19)12(14)11(8)9/h2-6,17H,1H3,(H2,15,19). The number of aryl methyl sites for hydroxylation is 1.